The van der Waals surface area contributed by atoms with Crippen LogP contribution < -0.4 is 4.74 Å². The number of amides is 1. The second-order valence-corrected chi connectivity index (χ2v) is 7.46. The number of carbonyl (C=O) groups is 1. The van der Waals surface area contributed by atoms with Crippen molar-refractivity contribution in [2.24, 2.45) is 0 Å². The van der Waals surface area contributed by atoms with Gasteiger partial charge in [-0.15, -0.1) is 0 Å². The molecule has 0 N–H and O–H groups in total. The number of rotatable bonds is 2. The summed E-state index contributed by atoms with van der Waals surface area (Å²) in [6.45, 7) is 0. The Labute approximate surface area is 174 Å². The van der Waals surface area contributed by atoms with Gasteiger partial charge in [-0.3, -0.25) is 0 Å². The molecule has 0 radical (unpaired) electrons. The number of nitrogens with zero attached hydrogens (tertiary/aromatic N) is 2. The van der Waals surface area contributed by atoms with Crippen molar-refractivity contribution in [1.29, 1.82) is 0 Å². The summed E-state index contributed by atoms with van der Waals surface area (Å²) in [5.74, 6) is 1.68. The van der Waals surface area contributed by atoms with Crippen LogP contribution in [0.2, 0.25) is 0 Å². The van der Waals surface area contributed by atoms with Crippen LogP contribution in [0.3, 0.4) is 0 Å². The molecule has 0 spiro atoms. The number of fused-ring (bicyclic) bond motifs is 3. The molecule has 5 nitrogen and oxygen atoms in total. The second kappa shape index (κ2) is 7.19. The van der Waals surface area contributed by atoms with Crippen LogP contribution in [0.15, 0.2) is 84.8 Å². The summed E-state index contributed by atoms with van der Waals surface area (Å²) in [7, 11) is 3.33. The van der Waals surface area contributed by atoms with Gasteiger partial charge in [-0.2, -0.15) is 4.58 Å². The van der Waals surface area contributed by atoms with Crippen LogP contribution in [0.25, 0.3) is 16.5 Å². The number of carbonyl (C=O) groups excluding carboxylic acids is 1. The van der Waals surface area contributed by atoms with Crippen molar-refractivity contribution in [3.05, 3.63) is 90.3 Å². The van der Waals surface area contributed by atoms with E-state index in [2.05, 4.69) is 30.3 Å². The minimum absolute atomic E-state index is 0.435. The Balaban J connectivity index is 1.75. The van der Waals surface area contributed by atoms with Crippen molar-refractivity contribution in [3.63, 3.8) is 0 Å². The molecule has 5 rings (SSSR count). The van der Waals surface area contributed by atoms with Crippen LogP contribution in [0.1, 0.15) is 12.0 Å². The zero-order chi connectivity index (χ0) is 20.7. The van der Waals surface area contributed by atoms with E-state index >= 15 is 0 Å². The largest absolute Gasteiger partial charge is 0.446 e. The standard InChI is InChI=1S/C25H21N2O3/c1-26(2)25(28)30-24-21-11-7-15-27(21)20-10-5-6-12-22(20)29-23(24)19-14-13-17-8-3-4-9-18(17)16-19/h3-10,12-16H,11H2,1-2H3/q+1. The fourth-order valence-electron chi connectivity index (χ4n) is 3.72. The topological polar surface area (TPSA) is 41.8 Å². The molecule has 0 atom stereocenters. The Hall–Kier alpha value is -3.86. The molecule has 5 heteroatoms. The molecular weight excluding hydrogens is 376 g/mol. The number of hydrogen-bond acceptors (Lipinski definition) is 3. The van der Waals surface area contributed by atoms with Gasteiger partial charge in [0.05, 0.1) is 6.42 Å². The first-order valence-electron chi connectivity index (χ1n) is 9.83. The molecule has 0 saturated carbocycles. The number of benzene rings is 3. The summed E-state index contributed by atoms with van der Waals surface area (Å²) in [5.41, 5.74) is 2.64. The fourth-order valence-corrected chi connectivity index (χ4v) is 3.72. The van der Waals surface area contributed by atoms with Crippen molar-refractivity contribution >= 4 is 34.0 Å². The van der Waals surface area contributed by atoms with Crippen LogP contribution >= 0.6 is 0 Å². The van der Waals surface area contributed by atoms with E-state index in [1.165, 1.54) is 4.90 Å². The van der Waals surface area contributed by atoms with E-state index < -0.39 is 6.09 Å². The first-order chi connectivity index (χ1) is 14.6. The van der Waals surface area contributed by atoms with Gasteiger partial charge in [0.1, 0.15) is 0 Å². The Morgan fingerprint density at radius 1 is 1.00 bits per heavy atom. The average Bonchev–Trinajstić information content (AvgIpc) is 3.21. The van der Waals surface area contributed by atoms with Gasteiger partial charge in [-0.1, -0.05) is 48.5 Å². The maximum absolute atomic E-state index is 12.5. The smallest absolute Gasteiger partial charge is 0.415 e. The van der Waals surface area contributed by atoms with Gasteiger partial charge < -0.3 is 14.4 Å². The third-order valence-corrected chi connectivity index (χ3v) is 5.23. The zero-order valence-electron chi connectivity index (χ0n) is 16.8. The maximum Gasteiger partial charge on any atom is 0.415 e. The number of hydrogen-bond donors (Lipinski definition) is 0. The lowest BCUT2D eigenvalue weighted by Gasteiger charge is -2.15. The molecule has 2 heterocycles. The molecule has 2 aliphatic heterocycles. The van der Waals surface area contributed by atoms with Crippen molar-refractivity contribution in [3.8, 4) is 5.75 Å². The highest BCUT2D eigenvalue weighted by molar-refractivity contribution is 6.05. The predicted octanol–water partition coefficient (Wildman–Crippen LogP) is 5.30. The summed E-state index contributed by atoms with van der Waals surface area (Å²) in [5, 5.41) is 2.23. The maximum atomic E-state index is 12.5. The lowest BCUT2D eigenvalue weighted by Crippen LogP contribution is -2.26. The Morgan fingerprint density at radius 3 is 2.60 bits per heavy atom. The number of allylic oxidation sites excluding steroid dienone is 2. The van der Waals surface area contributed by atoms with Crippen LogP contribution in [-0.2, 0) is 4.74 Å². The van der Waals surface area contributed by atoms with Crippen LogP contribution in [0.5, 0.6) is 5.75 Å². The van der Waals surface area contributed by atoms with Gasteiger partial charge in [-0.25, -0.2) is 4.79 Å². The van der Waals surface area contributed by atoms with Gasteiger partial charge in [-0.05, 0) is 29.0 Å². The van der Waals surface area contributed by atoms with Gasteiger partial charge >= 0.3 is 6.09 Å². The highest BCUT2D eigenvalue weighted by Crippen LogP contribution is 2.39. The van der Waals surface area contributed by atoms with Crippen molar-refractivity contribution < 1.29 is 18.8 Å². The fraction of sp³-hybridized carbons (Fsp3) is 0.120. The van der Waals surface area contributed by atoms with Gasteiger partial charge in [0, 0.05) is 25.7 Å². The molecule has 0 fully saturated rings. The summed E-state index contributed by atoms with van der Waals surface area (Å²) >= 11 is 0. The van der Waals surface area contributed by atoms with Gasteiger partial charge in [0.2, 0.25) is 11.5 Å². The lowest BCUT2D eigenvalue weighted by molar-refractivity contribution is -0.357. The highest BCUT2D eigenvalue weighted by Gasteiger charge is 2.36. The van der Waals surface area contributed by atoms with Crippen LogP contribution in [0.4, 0.5) is 10.5 Å². The quantitative estimate of drug-likeness (QED) is 0.551. The van der Waals surface area contributed by atoms with Crippen molar-refractivity contribution in [2.75, 3.05) is 14.1 Å². The molecule has 30 heavy (non-hydrogen) atoms. The SMILES string of the molecule is CN(C)C(=O)OC1=C(c2ccc3ccccc3c2)Oc2ccccc2[N+]2=C1CC=C2. The van der Waals surface area contributed by atoms with E-state index in [-0.39, 0.29) is 0 Å². The van der Waals surface area contributed by atoms with Crippen LogP contribution in [-0.4, -0.2) is 35.4 Å². The first kappa shape index (κ1) is 18.2. The molecule has 2 aliphatic rings. The monoisotopic (exact) mass is 397 g/mol. The van der Waals surface area contributed by atoms with E-state index in [1.54, 1.807) is 14.1 Å². The predicted molar refractivity (Wildman–Crippen MR) is 117 cm³/mol. The molecule has 0 bridgehead atoms. The minimum atomic E-state index is -0.447. The third kappa shape index (κ3) is 3.05. The van der Waals surface area contributed by atoms with E-state index in [9.17, 15) is 4.79 Å². The van der Waals surface area contributed by atoms with Crippen LogP contribution in [0, 0.1) is 0 Å². The molecular formula is C25H21N2O3+. The summed E-state index contributed by atoms with van der Waals surface area (Å²) < 4.78 is 14.3. The van der Waals surface area contributed by atoms with E-state index in [4.69, 9.17) is 9.47 Å². The Bertz CT molecular complexity index is 1270. The second-order valence-electron chi connectivity index (χ2n) is 7.46. The first-order valence-corrected chi connectivity index (χ1v) is 9.83. The lowest BCUT2D eigenvalue weighted by atomic mass is 10.0. The van der Waals surface area contributed by atoms with E-state index in [0.717, 1.165) is 27.7 Å². The molecule has 3 aromatic carbocycles. The molecule has 0 aliphatic carbocycles. The minimum Gasteiger partial charge on any atom is -0.446 e. The van der Waals surface area contributed by atoms with Gasteiger partial charge in [0.15, 0.2) is 17.7 Å². The molecule has 0 aromatic heterocycles. The van der Waals surface area contributed by atoms with E-state index in [0.29, 0.717) is 23.7 Å². The molecule has 0 saturated heterocycles. The van der Waals surface area contributed by atoms with Crippen molar-refractivity contribution in [1.82, 2.24) is 4.90 Å². The normalized spacial score (nSPS) is 14.9. The van der Waals surface area contributed by atoms with Crippen molar-refractivity contribution in [2.45, 2.75) is 6.42 Å². The molecule has 1 amide bonds. The summed E-state index contributed by atoms with van der Waals surface area (Å²) in [6.07, 6.45) is 4.24. The third-order valence-electron chi connectivity index (χ3n) is 5.23. The molecule has 0 unspecified atom stereocenters. The summed E-state index contributed by atoms with van der Waals surface area (Å²) in [4.78, 5) is 13.9. The summed E-state index contributed by atoms with van der Waals surface area (Å²) in [6, 6.07) is 22.1. The van der Waals surface area contributed by atoms with E-state index in [1.807, 2.05) is 53.2 Å². The Kier molecular flexibility index (Phi) is 4.36. The number of para-hydroxylation sites is 2. The molecule has 148 valence electrons. The highest BCUT2D eigenvalue weighted by atomic mass is 16.6. The van der Waals surface area contributed by atoms with Gasteiger partial charge in [0.25, 0.3) is 5.69 Å². The number of ether oxygens (including phenoxy) is 2. The average molecular weight is 397 g/mol. The Morgan fingerprint density at radius 2 is 1.77 bits per heavy atom. The zero-order valence-corrected chi connectivity index (χ0v) is 16.8. The molecule has 3 aromatic rings.